The van der Waals surface area contributed by atoms with Crippen molar-refractivity contribution in [2.75, 3.05) is 18.1 Å². The van der Waals surface area contributed by atoms with Gasteiger partial charge in [0, 0.05) is 12.7 Å². The number of hydrogen-bond donors (Lipinski definition) is 2. The van der Waals surface area contributed by atoms with Crippen LogP contribution in [0, 0.1) is 5.82 Å². The molecule has 0 fully saturated rings. The van der Waals surface area contributed by atoms with Gasteiger partial charge < -0.3 is 5.73 Å². The lowest BCUT2D eigenvalue weighted by atomic mass is 10.3. The molecule has 1 aromatic heterocycles. The van der Waals surface area contributed by atoms with Crippen LogP contribution >= 0.6 is 0 Å². The summed E-state index contributed by atoms with van der Waals surface area (Å²) in [5, 5.41) is 1.65. The summed E-state index contributed by atoms with van der Waals surface area (Å²) >= 11 is 0. The second kappa shape index (κ2) is 4.44. The molecule has 6 heteroatoms. The third-order valence-electron chi connectivity index (χ3n) is 2.34. The average Bonchev–Trinajstić information content (AvgIpc) is 2.28. The van der Waals surface area contributed by atoms with E-state index in [1.165, 1.54) is 6.07 Å². The second-order valence-electron chi connectivity index (χ2n) is 3.58. The number of rotatable bonds is 2. The number of aromatic nitrogens is 1. The van der Waals surface area contributed by atoms with Gasteiger partial charge in [0.05, 0.1) is 13.1 Å². The fourth-order valence-corrected chi connectivity index (χ4v) is 1.54. The van der Waals surface area contributed by atoms with Crippen LogP contribution < -0.4 is 16.2 Å². The van der Waals surface area contributed by atoms with Crippen LogP contribution in [-0.4, -0.2) is 23.9 Å². The molecule has 0 atom stereocenters. The van der Waals surface area contributed by atoms with Crippen LogP contribution in [0.1, 0.15) is 12.5 Å². The van der Waals surface area contributed by atoms with Crippen molar-refractivity contribution >= 4 is 11.7 Å². The molecule has 0 amide bonds. The van der Waals surface area contributed by atoms with Crippen molar-refractivity contribution in [3.8, 4) is 0 Å². The first-order chi connectivity index (χ1) is 7.70. The van der Waals surface area contributed by atoms with Gasteiger partial charge in [-0.25, -0.2) is 9.37 Å². The first kappa shape index (κ1) is 10.8. The van der Waals surface area contributed by atoms with Crippen molar-refractivity contribution in [1.29, 1.82) is 0 Å². The molecule has 1 aliphatic heterocycles. The molecule has 0 bridgehead atoms. The number of amidine groups is 1. The first-order valence-electron chi connectivity index (χ1n) is 5.10. The number of pyridine rings is 1. The van der Waals surface area contributed by atoms with Crippen LogP contribution in [0.2, 0.25) is 0 Å². The van der Waals surface area contributed by atoms with Crippen molar-refractivity contribution in [1.82, 2.24) is 10.4 Å². The van der Waals surface area contributed by atoms with Gasteiger partial charge in [0.25, 0.3) is 0 Å². The van der Waals surface area contributed by atoms with Crippen molar-refractivity contribution in [3.63, 3.8) is 0 Å². The molecule has 0 aliphatic carbocycles. The van der Waals surface area contributed by atoms with Crippen molar-refractivity contribution in [2.45, 2.75) is 13.5 Å². The predicted molar refractivity (Wildman–Crippen MR) is 60.5 cm³/mol. The molecule has 3 N–H and O–H groups in total. The normalized spacial score (nSPS) is 15.7. The number of halogens is 1. The molecule has 0 aromatic carbocycles. The largest absolute Gasteiger partial charge is 0.326 e. The van der Waals surface area contributed by atoms with E-state index in [2.05, 4.69) is 15.4 Å². The van der Waals surface area contributed by atoms with Gasteiger partial charge in [-0.15, -0.1) is 0 Å². The van der Waals surface area contributed by atoms with E-state index < -0.39 is 0 Å². The Kier molecular flexibility index (Phi) is 3.00. The Bertz CT molecular complexity index is 418. The van der Waals surface area contributed by atoms with E-state index in [9.17, 15) is 4.39 Å². The molecule has 0 unspecified atom stereocenters. The van der Waals surface area contributed by atoms with Crippen LogP contribution in [-0.2, 0) is 6.54 Å². The Morgan fingerprint density at radius 1 is 1.62 bits per heavy atom. The summed E-state index contributed by atoms with van der Waals surface area (Å²) in [6, 6.07) is 1.41. The van der Waals surface area contributed by atoms with Crippen LogP contribution in [0.25, 0.3) is 0 Å². The minimum atomic E-state index is -0.370. The maximum atomic E-state index is 13.7. The highest BCUT2D eigenvalue weighted by atomic mass is 19.1. The van der Waals surface area contributed by atoms with Crippen LogP contribution in [0.3, 0.4) is 0 Å². The number of anilines is 1. The number of nitrogens with zero attached hydrogens (tertiary/aromatic N) is 3. The number of nitrogens with two attached hydrogens (primary N) is 1. The maximum absolute atomic E-state index is 13.7. The Hall–Kier alpha value is -1.69. The summed E-state index contributed by atoms with van der Waals surface area (Å²) in [6.45, 7) is 3.36. The SMILES string of the molecule is CC1=NCCN(c2ncc(CN)cc2F)N1. The van der Waals surface area contributed by atoms with Gasteiger partial charge in [-0.2, -0.15) is 0 Å². The zero-order valence-corrected chi connectivity index (χ0v) is 9.07. The standard InChI is InChI=1S/C10H14FN5/c1-7-13-2-3-16(15-7)10-9(11)4-8(5-12)6-14-10/h4,6H,2-3,5,12H2,1H3,(H,13,15). The zero-order chi connectivity index (χ0) is 11.5. The molecule has 16 heavy (non-hydrogen) atoms. The quantitative estimate of drug-likeness (QED) is 0.762. The lowest BCUT2D eigenvalue weighted by Gasteiger charge is -2.28. The maximum Gasteiger partial charge on any atom is 0.183 e. The summed E-state index contributed by atoms with van der Waals surface area (Å²) in [4.78, 5) is 8.22. The molecule has 2 heterocycles. The summed E-state index contributed by atoms with van der Waals surface area (Å²) < 4.78 is 13.7. The molecular formula is C10H14FN5. The molecule has 5 nitrogen and oxygen atoms in total. The smallest absolute Gasteiger partial charge is 0.183 e. The van der Waals surface area contributed by atoms with Crippen molar-refractivity contribution in [3.05, 3.63) is 23.6 Å². The molecule has 0 saturated heterocycles. The molecule has 1 aliphatic rings. The Labute approximate surface area is 93.2 Å². The molecule has 0 radical (unpaired) electrons. The topological polar surface area (TPSA) is 66.5 Å². The predicted octanol–water partition coefficient (Wildman–Crippen LogP) is 0.422. The van der Waals surface area contributed by atoms with Gasteiger partial charge in [0.1, 0.15) is 5.84 Å². The molecule has 86 valence electrons. The minimum Gasteiger partial charge on any atom is -0.326 e. The fraction of sp³-hybridized carbons (Fsp3) is 0.400. The number of hydrogen-bond acceptors (Lipinski definition) is 5. The van der Waals surface area contributed by atoms with E-state index in [1.54, 1.807) is 11.2 Å². The summed E-state index contributed by atoms with van der Waals surface area (Å²) in [7, 11) is 0. The third-order valence-corrected chi connectivity index (χ3v) is 2.34. The third kappa shape index (κ3) is 2.11. The second-order valence-corrected chi connectivity index (χ2v) is 3.58. The summed E-state index contributed by atoms with van der Waals surface area (Å²) in [5.74, 6) is 0.673. The van der Waals surface area contributed by atoms with E-state index in [4.69, 9.17) is 5.73 Å². The van der Waals surface area contributed by atoms with Crippen LogP contribution in [0.5, 0.6) is 0 Å². The van der Waals surface area contributed by atoms with E-state index in [1.807, 2.05) is 6.92 Å². The molecule has 1 aromatic rings. The summed E-state index contributed by atoms with van der Waals surface area (Å²) in [6.07, 6.45) is 1.58. The average molecular weight is 223 g/mol. The number of hydrazine groups is 1. The van der Waals surface area contributed by atoms with Crippen LogP contribution in [0.4, 0.5) is 10.2 Å². The van der Waals surface area contributed by atoms with Crippen molar-refractivity contribution in [2.24, 2.45) is 10.7 Å². The highest BCUT2D eigenvalue weighted by Crippen LogP contribution is 2.16. The summed E-state index contributed by atoms with van der Waals surface area (Å²) in [5.41, 5.74) is 9.06. The van der Waals surface area contributed by atoms with Gasteiger partial charge >= 0.3 is 0 Å². The fourth-order valence-electron chi connectivity index (χ4n) is 1.54. The van der Waals surface area contributed by atoms with Crippen LogP contribution in [0.15, 0.2) is 17.3 Å². The minimum absolute atomic E-state index is 0.284. The van der Waals surface area contributed by atoms with Gasteiger partial charge in [0.2, 0.25) is 0 Å². The molecular weight excluding hydrogens is 209 g/mol. The highest BCUT2D eigenvalue weighted by molar-refractivity contribution is 5.81. The molecule has 2 rings (SSSR count). The Balaban J connectivity index is 2.24. The highest BCUT2D eigenvalue weighted by Gasteiger charge is 2.16. The van der Waals surface area contributed by atoms with E-state index in [0.717, 1.165) is 5.84 Å². The Morgan fingerprint density at radius 3 is 3.06 bits per heavy atom. The lowest BCUT2D eigenvalue weighted by Crippen LogP contribution is -2.47. The zero-order valence-electron chi connectivity index (χ0n) is 9.07. The van der Waals surface area contributed by atoms with Gasteiger partial charge in [-0.1, -0.05) is 0 Å². The monoisotopic (exact) mass is 223 g/mol. The lowest BCUT2D eigenvalue weighted by molar-refractivity contribution is 0.595. The van der Waals surface area contributed by atoms with Gasteiger partial charge in [-0.05, 0) is 18.6 Å². The molecule has 0 spiro atoms. The van der Waals surface area contributed by atoms with Gasteiger partial charge in [-0.3, -0.25) is 15.4 Å². The Morgan fingerprint density at radius 2 is 2.44 bits per heavy atom. The van der Waals surface area contributed by atoms with E-state index in [0.29, 0.717) is 18.7 Å². The number of nitrogens with one attached hydrogen (secondary N) is 1. The van der Waals surface area contributed by atoms with Crippen molar-refractivity contribution < 1.29 is 4.39 Å². The van der Waals surface area contributed by atoms with Gasteiger partial charge in [0.15, 0.2) is 11.6 Å². The van der Waals surface area contributed by atoms with E-state index in [-0.39, 0.29) is 18.2 Å². The van der Waals surface area contributed by atoms with E-state index >= 15 is 0 Å². The number of aliphatic imine (C=N–C) groups is 1. The first-order valence-corrected chi connectivity index (χ1v) is 5.10. The molecule has 0 saturated carbocycles.